The van der Waals surface area contributed by atoms with Gasteiger partial charge in [0.05, 0.1) is 17.1 Å². The third-order valence-electron chi connectivity index (χ3n) is 3.85. The van der Waals surface area contributed by atoms with Crippen LogP contribution in [-0.2, 0) is 6.42 Å². The van der Waals surface area contributed by atoms with Crippen molar-refractivity contribution in [3.8, 4) is 5.75 Å². The van der Waals surface area contributed by atoms with E-state index in [-0.39, 0.29) is 11.9 Å². The van der Waals surface area contributed by atoms with Crippen LogP contribution in [0.2, 0.25) is 0 Å². The zero-order valence-electron chi connectivity index (χ0n) is 11.8. The highest BCUT2D eigenvalue weighted by Gasteiger charge is 2.19. The van der Waals surface area contributed by atoms with Crippen molar-refractivity contribution in [1.82, 2.24) is 5.32 Å². The zero-order valence-corrected chi connectivity index (χ0v) is 13.4. The van der Waals surface area contributed by atoms with Crippen LogP contribution in [0.3, 0.4) is 0 Å². The molecule has 0 amide bonds. The predicted octanol–water partition coefficient (Wildman–Crippen LogP) is 4.22. The Hall–Kier alpha value is -1.39. The molecular formula is C17H17BrFNO. The molecule has 21 heavy (non-hydrogen) atoms. The van der Waals surface area contributed by atoms with Crippen molar-refractivity contribution in [2.24, 2.45) is 0 Å². The normalized spacial score (nSPS) is 15.2. The summed E-state index contributed by atoms with van der Waals surface area (Å²) >= 11 is 3.35. The third-order valence-corrected chi connectivity index (χ3v) is 4.68. The summed E-state index contributed by atoms with van der Waals surface area (Å²) in [6.45, 7) is 0.789. The van der Waals surface area contributed by atoms with E-state index in [9.17, 15) is 4.39 Å². The van der Waals surface area contributed by atoms with Gasteiger partial charge in [-0.1, -0.05) is 24.3 Å². The molecule has 0 bridgehead atoms. The minimum Gasteiger partial charge on any atom is -0.493 e. The van der Waals surface area contributed by atoms with E-state index in [0.29, 0.717) is 4.47 Å². The van der Waals surface area contributed by atoms with Crippen LogP contribution < -0.4 is 10.1 Å². The molecule has 3 rings (SSSR count). The summed E-state index contributed by atoms with van der Waals surface area (Å²) in [6, 6.07) is 11.3. The second-order valence-electron chi connectivity index (χ2n) is 5.18. The molecule has 1 unspecified atom stereocenters. The van der Waals surface area contributed by atoms with Crippen molar-refractivity contribution in [3.05, 3.63) is 63.4 Å². The molecule has 0 fully saturated rings. The number of benzene rings is 2. The second kappa shape index (κ2) is 6.16. The highest BCUT2D eigenvalue weighted by atomic mass is 79.9. The number of hydrogen-bond donors (Lipinski definition) is 1. The molecule has 0 aliphatic carbocycles. The molecular weight excluding hydrogens is 333 g/mol. The first kappa shape index (κ1) is 14.5. The summed E-state index contributed by atoms with van der Waals surface area (Å²) in [7, 11) is 1.89. The molecule has 0 spiro atoms. The Balaban J connectivity index is 2.02. The van der Waals surface area contributed by atoms with Crippen LogP contribution in [0.1, 0.15) is 29.2 Å². The molecule has 4 heteroatoms. The maximum atomic E-state index is 13.8. The van der Waals surface area contributed by atoms with E-state index in [1.54, 1.807) is 6.07 Å². The van der Waals surface area contributed by atoms with E-state index in [0.717, 1.165) is 36.3 Å². The number of hydrogen-bond acceptors (Lipinski definition) is 2. The highest BCUT2D eigenvalue weighted by molar-refractivity contribution is 9.10. The van der Waals surface area contributed by atoms with Crippen LogP contribution in [-0.4, -0.2) is 13.7 Å². The number of ether oxygens (including phenoxy) is 1. The Bertz CT molecular complexity index is 659. The SMILES string of the molecule is CNC(c1ccc2c(c1)CCCO2)c1cccc(F)c1Br. The average Bonchev–Trinajstić information content (AvgIpc) is 2.52. The largest absolute Gasteiger partial charge is 0.493 e. The molecule has 1 aliphatic rings. The molecule has 1 heterocycles. The lowest BCUT2D eigenvalue weighted by Gasteiger charge is -2.23. The standard InChI is InChI=1S/C17H17BrFNO/c1-20-17(13-5-2-6-14(19)16(13)18)12-7-8-15-11(10-12)4-3-9-21-15/h2,5-8,10,17,20H,3-4,9H2,1H3. The van der Waals surface area contributed by atoms with Crippen molar-refractivity contribution < 1.29 is 9.13 Å². The molecule has 0 saturated heterocycles. The summed E-state index contributed by atoms with van der Waals surface area (Å²) < 4.78 is 19.9. The quantitative estimate of drug-likeness (QED) is 0.895. The van der Waals surface area contributed by atoms with Gasteiger partial charge in [0.1, 0.15) is 11.6 Å². The Morgan fingerprint density at radius 1 is 1.29 bits per heavy atom. The second-order valence-corrected chi connectivity index (χ2v) is 5.98. The maximum absolute atomic E-state index is 13.8. The number of halogens is 2. The van der Waals surface area contributed by atoms with Crippen molar-refractivity contribution in [1.29, 1.82) is 0 Å². The smallest absolute Gasteiger partial charge is 0.137 e. The molecule has 1 atom stereocenters. The van der Waals surface area contributed by atoms with Crippen LogP contribution in [0, 0.1) is 5.82 Å². The van der Waals surface area contributed by atoms with E-state index in [2.05, 4.69) is 27.3 Å². The van der Waals surface area contributed by atoms with Crippen molar-refractivity contribution in [3.63, 3.8) is 0 Å². The lowest BCUT2D eigenvalue weighted by Crippen LogP contribution is -2.19. The summed E-state index contributed by atoms with van der Waals surface area (Å²) in [5.41, 5.74) is 3.24. The molecule has 2 nitrogen and oxygen atoms in total. The van der Waals surface area contributed by atoms with Crippen LogP contribution in [0.5, 0.6) is 5.75 Å². The van der Waals surface area contributed by atoms with Crippen LogP contribution in [0.15, 0.2) is 40.9 Å². The van der Waals surface area contributed by atoms with Gasteiger partial charge >= 0.3 is 0 Å². The van der Waals surface area contributed by atoms with Gasteiger partial charge in [0.2, 0.25) is 0 Å². The lowest BCUT2D eigenvalue weighted by molar-refractivity contribution is 0.288. The molecule has 0 aromatic heterocycles. The monoisotopic (exact) mass is 349 g/mol. The van der Waals surface area contributed by atoms with Crippen LogP contribution >= 0.6 is 15.9 Å². The summed E-state index contributed by atoms with van der Waals surface area (Å²) in [6.07, 6.45) is 2.08. The first-order chi connectivity index (χ1) is 10.2. The number of aryl methyl sites for hydroxylation is 1. The Morgan fingerprint density at radius 2 is 2.14 bits per heavy atom. The van der Waals surface area contributed by atoms with Crippen LogP contribution in [0.25, 0.3) is 0 Å². The molecule has 2 aromatic rings. The Labute approximate surface area is 132 Å². The molecule has 0 saturated carbocycles. The van der Waals surface area contributed by atoms with Gasteiger partial charge in [-0.05, 0) is 64.6 Å². The van der Waals surface area contributed by atoms with Gasteiger partial charge in [-0.25, -0.2) is 4.39 Å². The molecule has 1 aliphatic heterocycles. The lowest BCUT2D eigenvalue weighted by atomic mass is 9.95. The van der Waals surface area contributed by atoms with Gasteiger partial charge in [0, 0.05) is 0 Å². The molecule has 2 aromatic carbocycles. The Kier molecular flexibility index (Phi) is 4.27. The van der Waals surface area contributed by atoms with Gasteiger partial charge in [-0.3, -0.25) is 0 Å². The minimum absolute atomic E-state index is 0.0534. The fourth-order valence-electron chi connectivity index (χ4n) is 2.81. The van der Waals surface area contributed by atoms with Crippen molar-refractivity contribution >= 4 is 15.9 Å². The van der Waals surface area contributed by atoms with Gasteiger partial charge in [0.15, 0.2) is 0 Å². The van der Waals surface area contributed by atoms with E-state index in [4.69, 9.17) is 4.74 Å². The van der Waals surface area contributed by atoms with Crippen molar-refractivity contribution in [2.75, 3.05) is 13.7 Å². The average molecular weight is 350 g/mol. The summed E-state index contributed by atoms with van der Waals surface area (Å²) in [5, 5.41) is 3.27. The van der Waals surface area contributed by atoms with Crippen LogP contribution in [0.4, 0.5) is 4.39 Å². The topological polar surface area (TPSA) is 21.3 Å². The third kappa shape index (κ3) is 2.83. The maximum Gasteiger partial charge on any atom is 0.137 e. The highest BCUT2D eigenvalue weighted by Crippen LogP contribution is 2.33. The van der Waals surface area contributed by atoms with E-state index in [1.807, 2.05) is 25.2 Å². The zero-order chi connectivity index (χ0) is 14.8. The molecule has 0 radical (unpaired) electrons. The van der Waals surface area contributed by atoms with E-state index >= 15 is 0 Å². The minimum atomic E-state index is -0.242. The van der Waals surface area contributed by atoms with Gasteiger partial charge in [-0.15, -0.1) is 0 Å². The predicted molar refractivity (Wildman–Crippen MR) is 85.3 cm³/mol. The first-order valence-electron chi connectivity index (χ1n) is 7.07. The first-order valence-corrected chi connectivity index (χ1v) is 7.87. The van der Waals surface area contributed by atoms with Gasteiger partial charge < -0.3 is 10.1 Å². The molecule has 1 N–H and O–H groups in total. The van der Waals surface area contributed by atoms with E-state index < -0.39 is 0 Å². The molecule has 110 valence electrons. The summed E-state index contributed by atoms with van der Waals surface area (Å²) in [4.78, 5) is 0. The number of nitrogens with one attached hydrogen (secondary N) is 1. The van der Waals surface area contributed by atoms with Gasteiger partial charge in [-0.2, -0.15) is 0 Å². The van der Waals surface area contributed by atoms with E-state index in [1.165, 1.54) is 11.6 Å². The van der Waals surface area contributed by atoms with Crippen molar-refractivity contribution in [2.45, 2.75) is 18.9 Å². The fourth-order valence-corrected chi connectivity index (χ4v) is 3.30. The number of rotatable bonds is 3. The fraction of sp³-hybridized carbons (Fsp3) is 0.294. The number of fused-ring (bicyclic) bond motifs is 1. The summed E-state index contributed by atoms with van der Waals surface area (Å²) in [5.74, 6) is 0.729. The Morgan fingerprint density at radius 3 is 2.95 bits per heavy atom. The van der Waals surface area contributed by atoms with Gasteiger partial charge in [0.25, 0.3) is 0 Å².